The Bertz CT molecular complexity index is 1060. The van der Waals surface area contributed by atoms with Crippen molar-refractivity contribution in [1.82, 2.24) is 9.80 Å². The first kappa shape index (κ1) is 26.9. The molecule has 2 amide bonds. The van der Waals surface area contributed by atoms with Crippen molar-refractivity contribution in [3.63, 3.8) is 0 Å². The van der Waals surface area contributed by atoms with Crippen molar-refractivity contribution in [3.05, 3.63) is 108 Å². The van der Waals surface area contributed by atoms with Crippen molar-refractivity contribution in [2.75, 3.05) is 13.2 Å². The highest BCUT2D eigenvalue weighted by Gasteiger charge is 2.48. The summed E-state index contributed by atoms with van der Waals surface area (Å²) in [5, 5.41) is 21.6. The molecule has 2 N–H and O–H groups in total. The molecule has 0 aromatic heterocycles. The molecule has 1 aliphatic heterocycles. The average molecular weight is 503 g/mol. The van der Waals surface area contributed by atoms with Crippen LogP contribution in [0.1, 0.15) is 42.4 Å². The van der Waals surface area contributed by atoms with Crippen molar-refractivity contribution in [2.45, 2.75) is 63.6 Å². The van der Waals surface area contributed by atoms with E-state index in [4.69, 9.17) is 4.74 Å². The van der Waals surface area contributed by atoms with E-state index in [9.17, 15) is 15.0 Å². The van der Waals surface area contributed by atoms with E-state index < -0.39 is 18.2 Å². The molecule has 1 heterocycles. The number of urea groups is 1. The predicted molar refractivity (Wildman–Crippen MR) is 145 cm³/mol. The zero-order chi connectivity index (χ0) is 25.9. The van der Waals surface area contributed by atoms with Crippen LogP contribution < -0.4 is 0 Å². The van der Waals surface area contributed by atoms with Crippen molar-refractivity contribution < 1.29 is 19.7 Å². The second-order valence-corrected chi connectivity index (χ2v) is 9.70. The molecule has 0 radical (unpaired) electrons. The van der Waals surface area contributed by atoms with Crippen LogP contribution >= 0.6 is 0 Å². The largest absolute Gasteiger partial charge is 0.394 e. The minimum Gasteiger partial charge on any atom is -0.394 e. The fourth-order valence-corrected chi connectivity index (χ4v) is 5.08. The van der Waals surface area contributed by atoms with E-state index >= 15 is 0 Å². The van der Waals surface area contributed by atoms with Gasteiger partial charge in [0.15, 0.2) is 0 Å². The quantitative estimate of drug-likeness (QED) is 0.305. The topological polar surface area (TPSA) is 73.2 Å². The maximum absolute atomic E-state index is 13.6. The summed E-state index contributed by atoms with van der Waals surface area (Å²) in [6.07, 6.45) is 2.52. The number of aliphatic hydroxyl groups is 2. The number of hydrogen-bond donors (Lipinski definition) is 2. The van der Waals surface area contributed by atoms with E-state index in [1.165, 1.54) is 0 Å². The number of benzene rings is 3. The number of hydrogen-bond acceptors (Lipinski definition) is 4. The predicted octanol–water partition coefficient (Wildman–Crippen LogP) is 4.99. The molecule has 1 aliphatic rings. The second kappa shape index (κ2) is 13.9. The Morgan fingerprint density at radius 2 is 1.27 bits per heavy atom. The number of carbonyl (C=O) groups excluding carboxylic acids is 1. The summed E-state index contributed by atoms with van der Waals surface area (Å²) < 4.78 is 5.77. The number of ether oxygens (including phenoxy) is 1. The fraction of sp³-hybridized carbons (Fsp3) is 0.387. The highest BCUT2D eigenvalue weighted by Crippen LogP contribution is 2.30. The van der Waals surface area contributed by atoms with E-state index in [1.54, 1.807) is 9.80 Å². The molecule has 1 saturated heterocycles. The summed E-state index contributed by atoms with van der Waals surface area (Å²) in [5.41, 5.74) is 3.17. The van der Waals surface area contributed by atoms with E-state index in [1.807, 2.05) is 78.9 Å². The molecule has 4 rings (SSSR count). The number of rotatable bonds is 14. The molecule has 37 heavy (non-hydrogen) atoms. The van der Waals surface area contributed by atoms with Gasteiger partial charge in [0.25, 0.3) is 0 Å². The molecule has 3 unspecified atom stereocenters. The van der Waals surface area contributed by atoms with Crippen LogP contribution in [-0.2, 0) is 24.4 Å². The van der Waals surface area contributed by atoms with Gasteiger partial charge in [0.2, 0.25) is 0 Å². The van der Waals surface area contributed by atoms with Gasteiger partial charge < -0.3 is 24.7 Å². The first-order chi connectivity index (χ1) is 18.2. The van der Waals surface area contributed by atoms with Crippen LogP contribution in [-0.4, -0.2) is 57.4 Å². The first-order valence-corrected chi connectivity index (χ1v) is 13.2. The van der Waals surface area contributed by atoms with Crippen LogP contribution in [0.25, 0.3) is 0 Å². The minimum absolute atomic E-state index is 0.148. The van der Waals surface area contributed by atoms with Gasteiger partial charge in [0.05, 0.1) is 31.4 Å². The molecule has 6 nitrogen and oxygen atoms in total. The molecule has 3 aromatic rings. The third-order valence-electron chi connectivity index (χ3n) is 7.02. The molecular weight excluding hydrogens is 464 g/mol. The monoisotopic (exact) mass is 502 g/mol. The Hall–Kier alpha value is -3.19. The smallest absolute Gasteiger partial charge is 0.321 e. The van der Waals surface area contributed by atoms with Crippen LogP contribution in [0.3, 0.4) is 0 Å². The van der Waals surface area contributed by atoms with Gasteiger partial charge in [-0.1, -0.05) is 104 Å². The molecule has 3 aromatic carbocycles. The second-order valence-electron chi connectivity index (χ2n) is 9.70. The van der Waals surface area contributed by atoms with E-state index in [-0.39, 0.29) is 12.6 Å². The van der Waals surface area contributed by atoms with Crippen molar-refractivity contribution in [2.24, 2.45) is 0 Å². The number of carbonyl (C=O) groups is 1. The van der Waals surface area contributed by atoms with Gasteiger partial charge >= 0.3 is 6.03 Å². The lowest BCUT2D eigenvalue weighted by Gasteiger charge is -2.31. The van der Waals surface area contributed by atoms with Crippen LogP contribution in [0.2, 0.25) is 0 Å². The molecule has 0 saturated carbocycles. The Balaban J connectivity index is 1.35. The SMILES string of the molecule is O=C1N(Cc2ccccc2)C(CO)C(C(O)CCCCCOCc2ccccc2)N1Cc1ccccc1. The Morgan fingerprint density at radius 1 is 0.730 bits per heavy atom. The summed E-state index contributed by atoms with van der Waals surface area (Å²) in [4.78, 5) is 17.0. The third kappa shape index (κ3) is 7.41. The summed E-state index contributed by atoms with van der Waals surface area (Å²) in [6.45, 7) is 1.89. The first-order valence-electron chi connectivity index (χ1n) is 13.2. The number of unbranched alkanes of at least 4 members (excludes halogenated alkanes) is 2. The molecule has 0 bridgehead atoms. The van der Waals surface area contributed by atoms with Gasteiger partial charge in [-0.2, -0.15) is 0 Å². The van der Waals surface area contributed by atoms with Gasteiger partial charge in [-0.05, 0) is 29.5 Å². The standard InChI is InChI=1S/C31H38N2O4/c34-23-28-30(29(35)19-11-4-12-20-37-24-27-17-9-3-10-18-27)33(22-26-15-7-2-8-16-26)31(36)32(28)21-25-13-5-1-6-14-25/h1-3,5-10,13-18,28-30,34-35H,4,11-12,19-24H2. The van der Waals surface area contributed by atoms with Crippen LogP contribution in [0.15, 0.2) is 91.0 Å². The highest BCUT2D eigenvalue weighted by atomic mass is 16.5. The number of aliphatic hydroxyl groups excluding tert-OH is 2. The molecule has 0 aliphatic carbocycles. The summed E-state index contributed by atoms with van der Waals surface area (Å²) in [7, 11) is 0. The van der Waals surface area contributed by atoms with Crippen molar-refractivity contribution in [1.29, 1.82) is 0 Å². The maximum Gasteiger partial charge on any atom is 0.321 e. The average Bonchev–Trinajstić information content (AvgIpc) is 3.20. The summed E-state index contributed by atoms with van der Waals surface area (Å²) in [6, 6.07) is 28.6. The van der Waals surface area contributed by atoms with Crippen LogP contribution in [0.5, 0.6) is 0 Å². The Morgan fingerprint density at radius 3 is 1.84 bits per heavy atom. The van der Waals surface area contributed by atoms with Gasteiger partial charge in [-0.25, -0.2) is 4.79 Å². The molecular formula is C31H38N2O4. The molecule has 196 valence electrons. The molecule has 3 atom stereocenters. The normalized spacial score (nSPS) is 18.4. The zero-order valence-electron chi connectivity index (χ0n) is 21.4. The molecule has 1 fully saturated rings. The number of nitrogens with zero attached hydrogens (tertiary/aromatic N) is 2. The minimum atomic E-state index is -0.726. The number of amides is 2. The Labute approximate surface area is 220 Å². The molecule has 0 spiro atoms. The molecule has 6 heteroatoms. The maximum atomic E-state index is 13.6. The summed E-state index contributed by atoms with van der Waals surface area (Å²) in [5.74, 6) is 0. The van der Waals surface area contributed by atoms with Gasteiger partial charge in [-0.15, -0.1) is 0 Å². The highest BCUT2D eigenvalue weighted by molar-refractivity contribution is 5.78. The van der Waals surface area contributed by atoms with Crippen LogP contribution in [0, 0.1) is 0 Å². The van der Waals surface area contributed by atoms with E-state index in [2.05, 4.69) is 12.1 Å². The Kier molecular flexibility index (Phi) is 10.1. The fourth-order valence-electron chi connectivity index (χ4n) is 5.08. The lowest BCUT2D eigenvalue weighted by molar-refractivity contribution is 0.0417. The van der Waals surface area contributed by atoms with Crippen molar-refractivity contribution >= 4 is 6.03 Å². The van der Waals surface area contributed by atoms with Crippen LogP contribution in [0.4, 0.5) is 4.79 Å². The van der Waals surface area contributed by atoms with Gasteiger partial charge in [0, 0.05) is 19.7 Å². The van der Waals surface area contributed by atoms with Gasteiger partial charge in [-0.3, -0.25) is 0 Å². The van der Waals surface area contributed by atoms with Crippen molar-refractivity contribution in [3.8, 4) is 0 Å². The van der Waals surface area contributed by atoms with Gasteiger partial charge in [0.1, 0.15) is 0 Å². The van der Waals surface area contributed by atoms with E-state index in [0.717, 1.165) is 36.0 Å². The van der Waals surface area contributed by atoms with E-state index in [0.29, 0.717) is 32.7 Å². The lowest BCUT2D eigenvalue weighted by Crippen LogP contribution is -2.47. The summed E-state index contributed by atoms with van der Waals surface area (Å²) >= 11 is 0. The zero-order valence-corrected chi connectivity index (χ0v) is 21.4. The third-order valence-corrected chi connectivity index (χ3v) is 7.02. The lowest BCUT2D eigenvalue weighted by atomic mass is 9.97.